The van der Waals surface area contributed by atoms with E-state index in [4.69, 9.17) is 4.74 Å². The molecule has 0 saturated carbocycles. The predicted octanol–water partition coefficient (Wildman–Crippen LogP) is 1.74. The molecule has 0 aliphatic carbocycles. The van der Waals surface area contributed by atoms with Crippen molar-refractivity contribution in [2.45, 2.75) is 0 Å². The molecule has 0 fully saturated rings. The molecule has 1 amide bonds. The Morgan fingerprint density at radius 3 is 2.54 bits per heavy atom. The maximum atomic E-state index is 11.7. The van der Waals surface area contributed by atoms with Gasteiger partial charge in [0, 0.05) is 12.1 Å². The average molecular weight is 360 g/mol. The maximum absolute atomic E-state index is 11.7. The molecule has 0 aliphatic heterocycles. The first kappa shape index (κ1) is 18.3. The van der Waals surface area contributed by atoms with Gasteiger partial charge in [-0.15, -0.1) is 0 Å². The van der Waals surface area contributed by atoms with Gasteiger partial charge < -0.3 is 9.84 Å². The minimum Gasteiger partial charge on any atom is -0.508 e. The summed E-state index contributed by atoms with van der Waals surface area (Å²) in [6.07, 6.45) is 0.987. The van der Waals surface area contributed by atoms with Crippen LogP contribution in [0.4, 0.5) is 11.4 Å². The van der Waals surface area contributed by atoms with Gasteiger partial charge in [0.05, 0.1) is 21.6 Å². The highest BCUT2D eigenvalue weighted by Crippen LogP contribution is 2.25. The van der Waals surface area contributed by atoms with Gasteiger partial charge in [0.25, 0.3) is 11.6 Å². The van der Waals surface area contributed by atoms with Crippen molar-refractivity contribution in [2.24, 2.45) is 5.10 Å². The van der Waals surface area contributed by atoms with Crippen LogP contribution in [0.5, 0.6) is 11.5 Å². The van der Waals surface area contributed by atoms with Crippen molar-refractivity contribution < 1.29 is 24.5 Å². The molecule has 2 aromatic carbocycles. The number of ether oxygens (including phenoxy) is 1. The van der Waals surface area contributed by atoms with Gasteiger partial charge in [-0.05, 0) is 18.2 Å². The molecule has 0 aromatic heterocycles. The third-order valence-electron chi connectivity index (χ3n) is 3.02. The molecule has 0 heterocycles. The standard InChI is InChI=1S/C15H12N4O7/c20-11-5-6-12(18(22)23)10(7-11)8-16-17-15(21)9-26-14-4-2-1-3-13(14)19(24)25/h1-8,20H,9H2,(H,17,21)/b16-8-. The van der Waals surface area contributed by atoms with E-state index in [9.17, 15) is 30.1 Å². The lowest BCUT2D eigenvalue weighted by Gasteiger charge is -2.05. The lowest BCUT2D eigenvalue weighted by atomic mass is 10.2. The first-order chi connectivity index (χ1) is 12.4. The van der Waals surface area contributed by atoms with Crippen LogP contribution in [0.2, 0.25) is 0 Å². The van der Waals surface area contributed by atoms with Crippen LogP contribution < -0.4 is 10.2 Å². The molecule has 0 radical (unpaired) electrons. The maximum Gasteiger partial charge on any atom is 0.310 e. The Morgan fingerprint density at radius 2 is 1.85 bits per heavy atom. The zero-order valence-corrected chi connectivity index (χ0v) is 13.1. The minimum atomic E-state index is -0.734. The molecule has 11 heteroatoms. The van der Waals surface area contributed by atoms with Crippen molar-refractivity contribution in [3.63, 3.8) is 0 Å². The van der Waals surface area contributed by atoms with Crippen LogP contribution in [0.1, 0.15) is 5.56 Å². The molecule has 0 aliphatic rings. The monoisotopic (exact) mass is 360 g/mol. The second kappa shape index (κ2) is 8.19. The van der Waals surface area contributed by atoms with Gasteiger partial charge in [0.15, 0.2) is 12.4 Å². The number of nitro benzene ring substituents is 2. The summed E-state index contributed by atoms with van der Waals surface area (Å²) < 4.78 is 5.07. The highest BCUT2D eigenvalue weighted by molar-refractivity contribution is 5.87. The number of nitro groups is 2. The van der Waals surface area contributed by atoms with Gasteiger partial charge in [0.1, 0.15) is 5.75 Å². The number of phenolic OH excluding ortho intramolecular Hbond substituents is 1. The Balaban J connectivity index is 1.98. The van der Waals surface area contributed by atoms with Crippen molar-refractivity contribution >= 4 is 23.5 Å². The van der Waals surface area contributed by atoms with Crippen LogP contribution in [-0.2, 0) is 4.79 Å². The Bertz CT molecular complexity index is 882. The molecule has 0 unspecified atom stereocenters. The lowest BCUT2D eigenvalue weighted by molar-refractivity contribution is -0.385. The number of para-hydroxylation sites is 2. The SMILES string of the molecule is O=C(COc1ccccc1[N+](=O)[O-])N/N=C\c1cc(O)ccc1[N+](=O)[O-]. The molecule has 0 bridgehead atoms. The Morgan fingerprint density at radius 1 is 1.15 bits per heavy atom. The third-order valence-corrected chi connectivity index (χ3v) is 3.02. The second-order valence-electron chi connectivity index (χ2n) is 4.81. The van der Waals surface area contributed by atoms with E-state index in [1.807, 2.05) is 0 Å². The average Bonchev–Trinajstić information content (AvgIpc) is 2.60. The lowest BCUT2D eigenvalue weighted by Crippen LogP contribution is -2.24. The number of hydrazone groups is 1. The molecule has 0 atom stereocenters. The van der Waals surface area contributed by atoms with Crippen LogP contribution in [0.25, 0.3) is 0 Å². The van der Waals surface area contributed by atoms with Crippen LogP contribution in [0.15, 0.2) is 47.6 Å². The fourth-order valence-corrected chi connectivity index (χ4v) is 1.89. The largest absolute Gasteiger partial charge is 0.508 e. The number of phenols is 1. The van der Waals surface area contributed by atoms with Crippen LogP contribution in [0.3, 0.4) is 0 Å². The third kappa shape index (κ3) is 4.74. The van der Waals surface area contributed by atoms with Crippen LogP contribution in [0, 0.1) is 20.2 Å². The summed E-state index contributed by atoms with van der Waals surface area (Å²) >= 11 is 0. The summed E-state index contributed by atoms with van der Waals surface area (Å²) in [5, 5.41) is 34.6. The van der Waals surface area contributed by atoms with E-state index in [-0.39, 0.29) is 28.4 Å². The summed E-state index contributed by atoms with van der Waals surface area (Å²) in [5.41, 5.74) is 1.45. The fourth-order valence-electron chi connectivity index (χ4n) is 1.89. The van der Waals surface area contributed by atoms with Gasteiger partial charge in [-0.25, -0.2) is 5.43 Å². The van der Waals surface area contributed by atoms with Crippen LogP contribution in [-0.4, -0.2) is 33.7 Å². The van der Waals surface area contributed by atoms with Crippen molar-refractivity contribution in [1.82, 2.24) is 5.43 Å². The molecule has 11 nitrogen and oxygen atoms in total. The predicted molar refractivity (Wildman–Crippen MR) is 89.1 cm³/mol. The molecule has 134 valence electrons. The number of nitrogens with one attached hydrogen (secondary N) is 1. The number of carbonyl (C=O) groups excluding carboxylic acids is 1. The van der Waals surface area contributed by atoms with E-state index in [0.29, 0.717) is 0 Å². The molecule has 2 aromatic rings. The molecule has 0 saturated heterocycles. The second-order valence-corrected chi connectivity index (χ2v) is 4.81. The van der Waals surface area contributed by atoms with Gasteiger partial charge in [0.2, 0.25) is 0 Å². The van der Waals surface area contributed by atoms with Crippen molar-refractivity contribution in [3.8, 4) is 11.5 Å². The van der Waals surface area contributed by atoms with E-state index in [0.717, 1.165) is 24.4 Å². The number of rotatable bonds is 7. The molecule has 0 spiro atoms. The van der Waals surface area contributed by atoms with E-state index < -0.39 is 22.4 Å². The first-order valence-corrected chi connectivity index (χ1v) is 7.04. The van der Waals surface area contributed by atoms with Crippen molar-refractivity contribution in [1.29, 1.82) is 0 Å². The smallest absolute Gasteiger partial charge is 0.310 e. The summed E-state index contributed by atoms with van der Waals surface area (Å²) in [6.45, 7) is -0.551. The molecule has 2 rings (SSSR count). The minimum absolute atomic E-state index is 0.0186. The fraction of sp³-hybridized carbons (Fsp3) is 0.0667. The van der Waals surface area contributed by atoms with Gasteiger partial charge in [-0.3, -0.25) is 25.0 Å². The number of amides is 1. The Kier molecular flexibility index (Phi) is 5.77. The van der Waals surface area contributed by atoms with Gasteiger partial charge in [-0.1, -0.05) is 12.1 Å². The molecule has 2 N–H and O–H groups in total. The zero-order valence-electron chi connectivity index (χ0n) is 13.1. The number of aromatic hydroxyl groups is 1. The summed E-state index contributed by atoms with van der Waals surface area (Å²) in [7, 11) is 0. The first-order valence-electron chi connectivity index (χ1n) is 7.04. The quantitative estimate of drug-likeness (QED) is 0.432. The molecule has 26 heavy (non-hydrogen) atoms. The van der Waals surface area contributed by atoms with Crippen LogP contribution >= 0.6 is 0 Å². The number of hydrogen-bond acceptors (Lipinski definition) is 8. The number of hydrogen-bond donors (Lipinski definition) is 2. The topological polar surface area (TPSA) is 157 Å². The van der Waals surface area contributed by atoms with E-state index in [1.165, 1.54) is 24.3 Å². The molecular weight excluding hydrogens is 348 g/mol. The van der Waals surface area contributed by atoms with E-state index in [2.05, 4.69) is 10.5 Å². The normalized spacial score (nSPS) is 10.5. The van der Waals surface area contributed by atoms with Crippen molar-refractivity contribution in [2.75, 3.05) is 6.61 Å². The highest BCUT2D eigenvalue weighted by atomic mass is 16.6. The Labute approximate surface area is 145 Å². The number of nitrogens with zero attached hydrogens (tertiary/aromatic N) is 3. The summed E-state index contributed by atoms with van der Waals surface area (Å²) in [4.78, 5) is 32.1. The van der Waals surface area contributed by atoms with Crippen molar-refractivity contribution in [3.05, 3.63) is 68.3 Å². The molecular formula is C15H12N4O7. The van der Waals surface area contributed by atoms with Gasteiger partial charge >= 0.3 is 5.69 Å². The van der Waals surface area contributed by atoms with E-state index >= 15 is 0 Å². The Hall–Kier alpha value is -4.02. The van der Waals surface area contributed by atoms with E-state index in [1.54, 1.807) is 0 Å². The summed E-state index contributed by atoms with van der Waals surface area (Å²) in [5.74, 6) is -1.02. The number of benzene rings is 2. The highest BCUT2D eigenvalue weighted by Gasteiger charge is 2.15. The number of carbonyl (C=O) groups is 1. The zero-order chi connectivity index (χ0) is 19.1. The van der Waals surface area contributed by atoms with Gasteiger partial charge in [-0.2, -0.15) is 5.10 Å². The summed E-state index contributed by atoms with van der Waals surface area (Å²) in [6, 6.07) is 8.89.